The van der Waals surface area contributed by atoms with E-state index in [4.69, 9.17) is 4.42 Å². The number of hydrogen-bond acceptors (Lipinski definition) is 5. The molecule has 10 heteroatoms. The van der Waals surface area contributed by atoms with Gasteiger partial charge in [0.05, 0.1) is 18.0 Å². The summed E-state index contributed by atoms with van der Waals surface area (Å²) in [4.78, 5) is 14.4. The van der Waals surface area contributed by atoms with Gasteiger partial charge < -0.3 is 14.6 Å². The van der Waals surface area contributed by atoms with E-state index in [1.165, 1.54) is 10.5 Å². The van der Waals surface area contributed by atoms with Crippen molar-refractivity contribution < 1.29 is 22.4 Å². The summed E-state index contributed by atoms with van der Waals surface area (Å²) in [5.74, 6) is 1.35. The van der Waals surface area contributed by atoms with Crippen LogP contribution in [0.3, 0.4) is 0 Å². The lowest BCUT2D eigenvalue weighted by Crippen LogP contribution is -2.43. The molecule has 1 aliphatic rings. The number of carbonyl (C=O) groups is 1. The van der Waals surface area contributed by atoms with Crippen LogP contribution in [0.25, 0.3) is 5.65 Å². The molecule has 154 valence electrons. The number of pyridine rings is 1. The van der Waals surface area contributed by atoms with Crippen molar-refractivity contribution in [2.24, 2.45) is 5.92 Å². The van der Waals surface area contributed by atoms with Crippen molar-refractivity contribution in [2.75, 3.05) is 18.0 Å². The molecule has 0 aromatic carbocycles. The Morgan fingerprint density at radius 1 is 1.28 bits per heavy atom. The normalized spacial score (nSPS) is 17.7. The maximum atomic E-state index is 13.1. The van der Waals surface area contributed by atoms with Gasteiger partial charge in [0, 0.05) is 19.3 Å². The molecule has 3 aromatic rings. The Bertz CT molecular complexity index is 1030. The summed E-state index contributed by atoms with van der Waals surface area (Å²) in [6, 6.07) is 5.91. The second-order valence-corrected chi connectivity index (χ2v) is 7.16. The highest BCUT2D eigenvalue weighted by atomic mass is 19.4. The maximum absolute atomic E-state index is 13.1. The lowest BCUT2D eigenvalue weighted by atomic mass is 9.97. The molecule has 7 nitrogen and oxygen atoms in total. The van der Waals surface area contributed by atoms with Gasteiger partial charge in [0.2, 0.25) is 11.9 Å². The number of anilines is 1. The van der Waals surface area contributed by atoms with Gasteiger partial charge in [0.1, 0.15) is 11.5 Å². The minimum absolute atomic E-state index is 0.117. The molecule has 0 bridgehead atoms. The molecule has 0 aliphatic carbocycles. The molecule has 1 amide bonds. The van der Waals surface area contributed by atoms with Gasteiger partial charge in [-0.25, -0.2) is 0 Å². The van der Waals surface area contributed by atoms with E-state index in [1.54, 1.807) is 0 Å². The average molecular weight is 407 g/mol. The van der Waals surface area contributed by atoms with Crippen LogP contribution in [0.1, 0.15) is 29.9 Å². The second-order valence-electron chi connectivity index (χ2n) is 7.16. The van der Waals surface area contributed by atoms with Crippen LogP contribution in [0, 0.1) is 12.8 Å². The van der Waals surface area contributed by atoms with E-state index in [2.05, 4.69) is 15.5 Å². The predicted octanol–water partition coefficient (Wildman–Crippen LogP) is 3.18. The van der Waals surface area contributed by atoms with E-state index >= 15 is 0 Å². The van der Waals surface area contributed by atoms with E-state index in [-0.39, 0.29) is 11.8 Å². The number of alkyl halides is 3. The van der Waals surface area contributed by atoms with Gasteiger partial charge in [0.25, 0.3) is 0 Å². The van der Waals surface area contributed by atoms with Crippen LogP contribution < -0.4 is 10.2 Å². The van der Waals surface area contributed by atoms with Crippen LogP contribution in [0.2, 0.25) is 0 Å². The Morgan fingerprint density at radius 2 is 2.10 bits per heavy atom. The van der Waals surface area contributed by atoms with Gasteiger partial charge >= 0.3 is 6.18 Å². The predicted molar refractivity (Wildman–Crippen MR) is 98.2 cm³/mol. The Balaban J connectivity index is 1.48. The van der Waals surface area contributed by atoms with Crippen molar-refractivity contribution in [3.8, 4) is 0 Å². The van der Waals surface area contributed by atoms with Crippen LogP contribution in [0.15, 0.2) is 34.9 Å². The number of rotatable bonds is 4. The quantitative estimate of drug-likeness (QED) is 0.719. The highest BCUT2D eigenvalue weighted by molar-refractivity contribution is 5.79. The zero-order chi connectivity index (χ0) is 20.6. The lowest BCUT2D eigenvalue weighted by molar-refractivity contribution is -0.137. The standard InChI is InChI=1S/C19H20F3N5O2/c1-12-4-6-15(29-12)9-23-17(28)13-3-2-8-26(10-13)18-25-24-16-7-5-14(11-27(16)18)19(20,21)22/h4-7,11,13H,2-3,8-10H2,1H3,(H,23,28)/t13-/m0/s1. The molecule has 1 saturated heterocycles. The molecule has 3 aromatic heterocycles. The number of furan rings is 1. The van der Waals surface area contributed by atoms with E-state index in [0.717, 1.165) is 24.4 Å². The Kier molecular flexibility index (Phi) is 4.93. The fraction of sp³-hybridized carbons (Fsp3) is 0.421. The minimum Gasteiger partial charge on any atom is -0.465 e. The van der Waals surface area contributed by atoms with Crippen molar-refractivity contribution in [3.63, 3.8) is 0 Å². The summed E-state index contributed by atoms with van der Waals surface area (Å²) in [6.45, 7) is 3.08. The summed E-state index contributed by atoms with van der Waals surface area (Å²) in [6.07, 6.45) is -2.03. The Labute approximate surface area is 164 Å². The molecule has 0 radical (unpaired) electrons. The number of aryl methyl sites for hydroxylation is 1. The van der Waals surface area contributed by atoms with Crippen molar-refractivity contribution in [2.45, 2.75) is 32.5 Å². The first-order chi connectivity index (χ1) is 13.8. The fourth-order valence-corrected chi connectivity index (χ4v) is 3.53. The summed E-state index contributed by atoms with van der Waals surface area (Å²) in [5, 5.41) is 10.9. The average Bonchev–Trinajstić information content (AvgIpc) is 3.31. The molecular formula is C19H20F3N5O2. The number of aromatic nitrogens is 3. The first kappa shape index (κ1) is 19.3. The molecule has 1 fully saturated rings. The first-order valence-electron chi connectivity index (χ1n) is 9.31. The fourth-order valence-electron chi connectivity index (χ4n) is 3.53. The summed E-state index contributed by atoms with van der Waals surface area (Å²) >= 11 is 0. The van der Waals surface area contributed by atoms with E-state index < -0.39 is 11.7 Å². The number of halogens is 3. The largest absolute Gasteiger partial charge is 0.465 e. The molecular weight excluding hydrogens is 387 g/mol. The second kappa shape index (κ2) is 7.41. The third-order valence-corrected chi connectivity index (χ3v) is 5.02. The molecule has 0 saturated carbocycles. The molecule has 1 N–H and O–H groups in total. The van der Waals surface area contributed by atoms with Gasteiger partial charge in [0.15, 0.2) is 5.65 Å². The van der Waals surface area contributed by atoms with Crippen LogP contribution in [-0.2, 0) is 17.5 Å². The molecule has 0 unspecified atom stereocenters. The van der Waals surface area contributed by atoms with Gasteiger partial charge in [-0.05, 0) is 44.0 Å². The highest BCUT2D eigenvalue weighted by Gasteiger charge is 2.32. The SMILES string of the molecule is Cc1ccc(CNC(=O)[C@H]2CCCN(c3nnc4ccc(C(F)(F)F)cn34)C2)o1. The molecule has 4 heterocycles. The van der Waals surface area contributed by atoms with Crippen molar-refractivity contribution in [1.29, 1.82) is 0 Å². The van der Waals surface area contributed by atoms with Crippen molar-refractivity contribution in [3.05, 3.63) is 47.5 Å². The zero-order valence-electron chi connectivity index (χ0n) is 15.7. The van der Waals surface area contributed by atoms with Crippen LogP contribution in [0.4, 0.5) is 19.1 Å². The number of piperidine rings is 1. The number of nitrogens with one attached hydrogen (secondary N) is 1. The summed E-state index contributed by atoms with van der Waals surface area (Å²) in [7, 11) is 0. The number of fused-ring (bicyclic) bond motifs is 1. The molecule has 1 atom stereocenters. The third kappa shape index (κ3) is 4.06. The van der Waals surface area contributed by atoms with Crippen LogP contribution >= 0.6 is 0 Å². The monoisotopic (exact) mass is 407 g/mol. The minimum atomic E-state index is -4.45. The molecule has 0 spiro atoms. The maximum Gasteiger partial charge on any atom is 0.417 e. The molecule has 4 rings (SSSR count). The van der Waals surface area contributed by atoms with Gasteiger partial charge in [-0.3, -0.25) is 9.20 Å². The molecule has 29 heavy (non-hydrogen) atoms. The van der Waals surface area contributed by atoms with Crippen molar-refractivity contribution in [1.82, 2.24) is 19.9 Å². The van der Waals surface area contributed by atoms with E-state index in [1.807, 2.05) is 24.0 Å². The van der Waals surface area contributed by atoms with Crippen LogP contribution in [-0.4, -0.2) is 33.6 Å². The first-order valence-corrected chi connectivity index (χ1v) is 9.31. The Morgan fingerprint density at radius 3 is 2.83 bits per heavy atom. The highest BCUT2D eigenvalue weighted by Crippen LogP contribution is 2.30. The number of carbonyl (C=O) groups excluding carboxylic acids is 1. The Hall–Kier alpha value is -3.04. The smallest absolute Gasteiger partial charge is 0.417 e. The summed E-state index contributed by atoms with van der Waals surface area (Å²) < 4.78 is 46.0. The number of nitrogens with zero attached hydrogens (tertiary/aromatic N) is 4. The van der Waals surface area contributed by atoms with Gasteiger partial charge in [-0.1, -0.05) is 0 Å². The van der Waals surface area contributed by atoms with E-state index in [0.29, 0.717) is 43.4 Å². The molecule has 1 aliphatic heterocycles. The zero-order valence-corrected chi connectivity index (χ0v) is 15.7. The summed E-state index contributed by atoms with van der Waals surface area (Å²) in [5.41, 5.74) is -0.446. The third-order valence-electron chi connectivity index (χ3n) is 5.02. The van der Waals surface area contributed by atoms with Gasteiger partial charge in [-0.2, -0.15) is 13.2 Å². The lowest BCUT2D eigenvalue weighted by Gasteiger charge is -2.32. The number of amides is 1. The number of hydrogen-bond donors (Lipinski definition) is 1. The van der Waals surface area contributed by atoms with Crippen molar-refractivity contribution >= 4 is 17.5 Å². The van der Waals surface area contributed by atoms with E-state index in [9.17, 15) is 18.0 Å². The van der Waals surface area contributed by atoms with Gasteiger partial charge in [-0.15, -0.1) is 10.2 Å². The van der Waals surface area contributed by atoms with Crippen LogP contribution in [0.5, 0.6) is 0 Å². The topological polar surface area (TPSA) is 75.7 Å².